The van der Waals surface area contributed by atoms with Gasteiger partial charge >= 0.3 is 0 Å². The van der Waals surface area contributed by atoms with E-state index in [1.807, 2.05) is 66.9 Å². The number of pyridine rings is 1. The zero-order chi connectivity index (χ0) is 17.3. The lowest BCUT2D eigenvalue weighted by Crippen LogP contribution is -2.11. The van der Waals surface area contributed by atoms with Crippen molar-refractivity contribution in [2.75, 3.05) is 4.90 Å². The van der Waals surface area contributed by atoms with E-state index in [9.17, 15) is 0 Å². The number of hydrogen-bond acceptors (Lipinski definition) is 3. The fraction of sp³-hybridized carbons (Fsp3) is 0. The van der Waals surface area contributed by atoms with Crippen molar-refractivity contribution < 1.29 is 4.42 Å². The molecule has 0 saturated carbocycles. The minimum absolute atomic E-state index is 0.880. The first-order chi connectivity index (χ1) is 12.9. The van der Waals surface area contributed by atoms with Crippen molar-refractivity contribution in [3.05, 3.63) is 97.2 Å². The SMILES string of the molecule is c1ccc(N(c2ccc3oc4ccccc4c3c2)c2ccccn2)cc1. The first-order valence-electron chi connectivity index (χ1n) is 8.58. The number of furan rings is 1. The molecule has 0 fully saturated rings. The van der Waals surface area contributed by atoms with Crippen LogP contribution in [0.1, 0.15) is 0 Å². The Labute approximate surface area is 151 Å². The van der Waals surface area contributed by atoms with E-state index in [1.54, 1.807) is 0 Å². The van der Waals surface area contributed by atoms with Crippen LogP contribution in [0.3, 0.4) is 0 Å². The number of benzene rings is 3. The second-order valence-electron chi connectivity index (χ2n) is 6.14. The molecule has 5 aromatic rings. The van der Waals surface area contributed by atoms with Gasteiger partial charge in [0.25, 0.3) is 0 Å². The highest BCUT2D eigenvalue weighted by atomic mass is 16.3. The number of fused-ring (bicyclic) bond motifs is 3. The van der Waals surface area contributed by atoms with Crippen molar-refractivity contribution in [1.82, 2.24) is 4.98 Å². The number of rotatable bonds is 3. The average molecular weight is 336 g/mol. The van der Waals surface area contributed by atoms with Crippen LogP contribution in [0.2, 0.25) is 0 Å². The molecule has 3 nitrogen and oxygen atoms in total. The molecule has 0 amide bonds. The average Bonchev–Trinajstić information content (AvgIpc) is 3.08. The summed E-state index contributed by atoms with van der Waals surface area (Å²) in [7, 11) is 0. The fourth-order valence-corrected chi connectivity index (χ4v) is 3.33. The summed E-state index contributed by atoms with van der Waals surface area (Å²) < 4.78 is 5.96. The Balaban J connectivity index is 1.75. The lowest BCUT2D eigenvalue weighted by molar-refractivity contribution is 0.669. The van der Waals surface area contributed by atoms with Crippen LogP contribution in [0.4, 0.5) is 17.2 Å². The van der Waals surface area contributed by atoms with E-state index in [-0.39, 0.29) is 0 Å². The molecule has 2 heterocycles. The van der Waals surface area contributed by atoms with Gasteiger partial charge in [0.1, 0.15) is 17.0 Å². The van der Waals surface area contributed by atoms with Gasteiger partial charge < -0.3 is 4.42 Å². The van der Waals surface area contributed by atoms with Crippen LogP contribution in [-0.4, -0.2) is 4.98 Å². The van der Waals surface area contributed by atoms with Gasteiger partial charge in [-0.05, 0) is 48.5 Å². The first-order valence-corrected chi connectivity index (χ1v) is 8.58. The van der Waals surface area contributed by atoms with E-state index in [1.165, 1.54) is 0 Å². The Kier molecular flexibility index (Phi) is 3.42. The number of para-hydroxylation sites is 2. The highest BCUT2D eigenvalue weighted by Gasteiger charge is 2.15. The number of aromatic nitrogens is 1. The number of anilines is 3. The molecule has 0 saturated heterocycles. The van der Waals surface area contributed by atoms with Gasteiger partial charge in [0, 0.05) is 28.3 Å². The predicted molar refractivity (Wildman–Crippen MR) is 106 cm³/mol. The van der Waals surface area contributed by atoms with Crippen LogP contribution in [0.5, 0.6) is 0 Å². The normalized spacial score (nSPS) is 11.1. The van der Waals surface area contributed by atoms with Crippen LogP contribution < -0.4 is 4.90 Å². The molecule has 3 heteroatoms. The minimum Gasteiger partial charge on any atom is -0.456 e. The molecular formula is C23H16N2O. The molecule has 5 rings (SSSR count). The van der Waals surface area contributed by atoms with E-state index in [2.05, 4.69) is 40.2 Å². The van der Waals surface area contributed by atoms with E-state index >= 15 is 0 Å². The lowest BCUT2D eigenvalue weighted by atomic mass is 10.1. The Morgan fingerprint density at radius 3 is 2.23 bits per heavy atom. The van der Waals surface area contributed by atoms with Crippen LogP contribution >= 0.6 is 0 Å². The second-order valence-corrected chi connectivity index (χ2v) is 6.14. The van der Waals surface area contributed by atoms with Gasteiger partial charge in [-0.1, -0.05) is 42.5 Å². The van der Waals surface area contributed by atoms with Crippen molar-refractivity contribution in [3.63, 3.8) is 0 Å². The monoisotopic (exact) mass is 336 g/mol. The molecule has 0 atom stereocenters. The number of hydrogen-bond donors (Lipinski definition) is 0. The molecular weight excluding hydrogens is 320 g/mol. The molecule has 0 bridgehead atoms. The third-order valence-electron chi connectivity index (χ3n) is 4.51. The summed E-state index contributed by atoms with van der Waals surface area (Å²) in [6.07, 6.45) is 1.82. The third kappa shape index (κ3) is 2.42. The van der Waals surface area contributed by atoms with Crippen LogP contribution in [0.15, 0.2) is 102 Å². The Morgan fingerprint density at radius 2 is 1.38 bits per heavy atom. The summed E-state index contributed by atoms with van der Waals surface area (Å²) in [5, 5.41) is 2.23. The standard InChI is InChI=1S/C23H16N2O/c1-2-8-17(9-3-1)25(23-12-6-7-15-24-23)18-13-14-22-20(16-18)19-10-4-5-11-21(19)26-22/h1-16H. The van der Waals surface area contributed by atoms with Gasteiger partial charge in [-0.3, -0.25) is 4.90 Å². The Hall–Kier alpha value is -3.59. The zero-order valence-corrected chi connectivity index (χ0v) is 14.0. The van der Waals surface area contributed by atoms with E-state index in [0.29, 0.717) is 0 Å². The molecule has 124 valence electrons. The molecule has 0 spiro atoms. The quantitative estimate of drug-likeness (QED) is 0.379. The van der Waals surface area contributed by atoms with Gasteiger partial charge in [0.05, 0.1) is 0 Å². The summed E-state index contributed by atoms with van der Waals surface area (Å²) in [6, 6.07) is 30.6. The van der Waals surface area contributed by atoms with Crippen LogP contribution in [-0.2, 0) is 0 Å². The van der Waals surface area contributed by atoms with Gasteiger partial charge in [0.2, 0.25) is 0 Å². The van der Waals surface area contributed by atoms with Gasteiger partial charge in [-0.25, -0.2) is 4.98 Å². The maximum Gasteiger partial charge on any atom is 0.137 e. The van der Waals surface area contributed by atoms with Crippen LogP contribution in [0.25, 0.3) is 21.9 Å². The van der Waals surface area contributed by atoms with Gasteiger partial charge in [-0.15, -0.1) is 0 Å². The van der Waals surface area contributed by atoms with E-state index in [4.69, 9.17) is 4.42 Å². The summed E-state index contributed by atoms with van der Waals surface area (Å²) in [5.74, 6) is 0.880. The maximum absolute atomic E-state index is 5.96. The third-order valence-corrected chi connectivity index (χ3v) is 4.51. The largest absolute Gasteiger partial charge is 0.456 e. The molecule has 0 aliphatic carbocycles. The molecule has 3 aromatic carbocycles. The fourth-order valence-electron chi connectivity index (χ4n) is 3.33. The summed E-state index contributed by atoms with van der Waals surface area (Å²) in [6.45, 7) is 0. The summed E-state index contributed by atoms with van der Waals surface area (Å²) in [5.41, 5.74) is 3.92. The van der Waals surface area contributed by atoms with Gasteiger partial charge in [0.15, 0.2) is 0 Å². The highest BCUT2D eigenvalue weighted by molar-refractivity contribution is 6.06. The first kappa shape index (κ1) is 14.7. The second kappa shape index (κ2) is 6.05. The topological polar surface area (TPSA) is 29.3 Å². The van der Waals surface area contributed by atoms with Crippen molar-refractivity contribution in [1.29, 1.82) is 0 Å². The van der Waals surface area contributed by atoms with E-state index in [0.717, 1.165) is 39.1 Å². The van der Waals surface area contributed by atoms with Crippen LogP contribution in [0, 0.1) is 0 Å². The maximum atomic E-state index is 5.96. The molecule has 2 aromatic heterocycles. The predicted octanol–water partition coefficient (Wildman–Crippen LogP) is 6.45. The molecule has 26 heavy (non-hydrogen) atoms. The zero-order valence-electron chi connectivity index (χ0n) is 14.0. The highest BCUT2D eigenvalue weighted by Crippen LogP contribution is 2.37. The lowest BCUT2D eigenvalue weighted by Gasteiger charge is -2.24. The Bertz CT molecular complexity index is 1140. The molecule has 0 aliphatic rings. The van der Waals surface area contributed by atoms with Gasteiger partial charge in [-0.2, -0.15) is 0 Å². The molecule has 0 radical (unpaired) electrons. The van der Waals surface area contributed by atoms with Crippen molar-refractivity contribution >= 4 is 39.1 Å². The number of nitrogens with zero attached hydrogens (tertiary/aromatic N) is 2. The van der Waals surface area contributed by atoms with Crippen molar-refractivity contribution in [3.8, 4) is 0 Å². The van der Waals surface area contributed by atoms with Crippen molar-refractivity contribution in [2.45, 2.75) is 0 Å². The summed E-state index contributed by atoms with van der Waals surface area (Å²) in [4.78, 5) is 6.72. The van der Waals surface area contributed by atoms with Crippen molar-refractivity contribution in [2.24, 2.45) is 0 Å². The minimum atomic E-state index is 0.880. The Morgan fingerprint density at radius 1 is 0.615 bits per heavy atom. The smallest absolute Gasteiger partial charge is 0.137 e. The van der Waals surface area contributed by atoms with E-state index < -0.39 is 0 Å². The molecule has 0 N–H and O–H groups in total. The molecule has 0 unspecified atom stereocenters. The summed E-state index contributed by atoms with van der Waals surface area (Å²) >= 11 is 0. The molecule has 0 aliphatic heterocycles.